The van der Waals surface area contributed by atoms with Crippen LogP contribution in [0.5, 0.6) is 0 Å². The molecule has 1 unspecified atom stereocenters. The van der Waals surface area contributed by atoms with E-state index in [4.69, 9.17) is 4.74 Å². The predicted molar refractivity (Wildman–Crippen MR) is 92.5 cm³/mol. The fraction of sp³-hybridized carbons (Fsp3) is 0.471. The van der Waals surface area contributed by atoms with Gasteiger partial charge in [-0.3, -0.25) is 15.6 Å². The Hall–Kier alpha value is -2.84. The molecule has 3 amide bonds. The van der Waals surface area contributed by atoms with Crippen molar-refractivity contribution in [3.63, 3.8) is 0 Å². The molecule has 1 saturated heterocycles. The number of hydrazine groups is 1. The highest BCUT2D eigenvalue weighted by Crippen LogP contribution is 2.18. The molecule has 1 aromatic carbocycles. The molecule has 2 rings (SSSR count). The van der Waals surface area contributed by atoms with Crippen molar-refractivity contribution in [1.82, 2.24) is 15.6 Å². The average Bonchev–Trinajstić information content (AvgIpc) is 3.10. The molecule has 8 nitrogen and oxygen atoms in total. The molecule has 9 heteroatoms. The van der Waals surface area contributed by atoms with Crippen LogP contribution in [-0.2, 0) is 14.3 Å². The van der Waals surface area contributed by atoms with E-state index in [0.717, 1.165) is 0 Å². The van der Waals surface area contributed by atoms with Crippen molar-refractivity contribution >= 4 is 23.6 Å². The smallest absolute Gasteiger partial charge is 0.328 e. The second kappa shape index (κ2) is 9.02. The summed E-state index contributed by atoms with van der Waals surface area (Å²) in [7, 11) is 0. The highest BCUT2D eigenvalue weighted by molar-refractivity contribution is 5.90. The zero-order valence-corrected chi connectivity index (χ0v) is 14.8. The fourth-order valence-corrected chi connectivity index (χ4v) is 2.66. The number of halogens is 1. The second-order valence-electron chi connectivity index (χ2n) is 5.90. The Bertz CT molecular complexity index is 670. The van der Waals surface area contributed by atoms with Gasteiger partial charge in [0.15, 0.2) is 0 Å². The maximum absolute atomic E-state index is 13.2. The molecule has 0 aromatic heterocycles. The van der Waals surface area contributed by atoms with Crippen LogP contribution in [0.4, 0.5) is 14.9 Å². The van der Waals surface area contributed by atoms with Crippen molar-refractivity contribution in [1.29, 1.82) is 0 Å². The summed E-state index contributed by atoms with van der Waals surface area (Å²) in [6, 6.07) is 3.65. The van der Waals surface area contributed by atoms with Crippen LogP contribution in [0, 0.1) is 5.82 Å². The molecule has 1 aliphatic rings. The quantitative estimate of drug-likeness (QED) is 0.522. The van der Waals surface area contributed by atoms with Gasteiger partial charge >= 0.3 is 12.0 Å². The van der Waals surface area contributed by atoms with Crippen molar-refractivity contribution in [3.05, 3.63) is 30.1 Å². The van der Waals surface area contributed by atoms with Gasteiger partial charge in [-0.1, -0.05) is 6.07 Å². The number of amides is 3. The number of benzene rings is 1. The summed E-state index contributed by atoms with van der Waals surface area (Å²) in [6.45, 7) is 3.82. The summed E-state index contributed by atoms with van der Waals surface area (Å²) < 4.78 is 18.0. The summed E-state index contributed by atoms with van der Waals surface area (Å²) in [5, 5.41) is 2.53. The van der Waals surface area contributed by atoms with Gasteiger partial charge in [0.2, 0.25) is 0 Å². The van der Waals surface area contributed by atoms with E-state index in [2.05, 4.69) is 16.2 Å². The van der Waals surface area contributed by atoms with Crippen LogP contribution in [0.2, 0.25) is 0 Å². The van der Waals surface area contributed by atoms with E-state index in [1.807, 2.05) is 0 Å². The van der Waals surface area contributed by atoms with Crippen molar-refractivity contribution < 1.29 is 23.5 Å². The van der Waals surface area contributed by atoms with Crippen LogP contribution < -0.4 is 16.2 Å². The van der Waals surface area contributed by atoms with Gasteiger partial charge in [-0.25, -0.2) is 14.0 Å². The van der Waals surface area contributed by atoms with Gasteiger partial charge in [0, 0.05) is 6.54 Å². The number of rotatable bonds is 6. The Kier molecular flexibility index (Phi) is 6.76. The van der Waals surface area contributed by atoms with Crippen molar-refractivity contribution in [2.75, 3.05) is 18.6 Å². The lowest BCUT2D eigenvalue weighted by Crippen LogP contribution is -2.53. The molecule has 2 atom stereocenters. The molecule has 0 bridgehead atoms. The Morgan fingerprint density at radius 1 is 1.38 bits per heavy atom. The minimum Gasteiger partial charge on any atom is -0.464 e. The number of ether oxygens (including phenoxy) is 1. The van der Waals surface area contributed by atoms with Crippen molar-refractivity contribution in [2.24, 2.45) is 0 Å². The van der Waals surface area contributed by atoms with Crippen LogP contribution in [0.15, 0.2) is 24.3 Å². The molecule has 0 radical (unpaired) electrons. The van der Waals surface area contributed by atoms with Crippen LogP contribution in [-0.4, -0.2) is 48.0 Å². The lowest BCUT2D eigenvalue weighted by Gasteiger charge is -2.25. The number of nitrogens with zero attached hydrogens (tertiary/aromatic N) is 1. The van der Waals surface area contributed by atoms with Crippen molar-refractivity contribution in [3.8, 4) is 0 Å². The number of carbonyl (C=O) groups is 3. The van der Waals surface area contributed by atoms with Crippen LogP contribution in [0.25, 0.3) is 0 Å². The van der Waals surface area contributed by atoms with E-state index in [0.29, 0.717) is 25.1 Å². The fourth-order valence-electron chi connectivity index (χ4n) is 2.66. The summed E-state index contributed by atoms with van der Waals surface area (Å²) in [5.74, 6) is -1.38. The second-order valence-corrected chi connectivity index (χ2v) is 5.90. The van der Waals surface area contributed by atoms with Crippen LogP contribution in [0.3, 0.4) is 0 Å². The maximum Gasteiger partial charge on any atom is 0.328 e. The lowest BCUT2D eigenvalue weighted by molar-refractivity contribution is -0.144. The first-order valence-corrected chi connectivity index (χ1v) is 8.47. The molecule has 3 N–H and O–H groups in total. The van der Waals surface area contributed by atoms with E-state index in [9.17, 15) is 18.8 Å². The predicted octanol–water partition coefficient (Wildman–Crippen LogP) is 1.39. The summed E-state index contributed by atoms with van der Waals surface area (Å²) >= 11 is 0. The van der Waals surface area contributed by atoms with E-state index in [1.54, 1.807) is 13.0 Å². The van der Waals surface area contributed by atoms with Gasteiger partial charge in [-0.15, -0.1) is 0 Å². The molecule has 1 aliphatic heterocycles. The van der Waals surface area contributed by atoms with Gasteiger partial charge < -0.3 is 15.0 Å². The number of nitrogens with one attached hydrogen (secondary N) is 3. The number of hydrogen-bond donors (Lipinski definition) is 3. The zero-order chi connectivity index (χ0) is 19.1. The molecule has 0 saturated carbocycles. The number of carbonyl (C=O) groups excluding carboxylic acids is 3. The standard InChI is InChI=1S/C17H23FN4O4/c1-3-26-16(24)11(2)19-17(25)22-9-5-8-14(22)15(23)21-20-13-7-4-6-12(18)10-13/h4,6-7,10-11,14,20H,3,5,8-9H2,1-2H3,(H,19,25)(H,21,23)/t11-,14?/m0/s1. The minimum atomic E-state index is -0.808. The summed E-state index contributed by atoms with van der Waals surface area (Å²) in [5.41, 5.74) is 5.50. The van der Waals surface area contributed by atoms with E-state index < -0.39 is 35.8 Å². The summed E-state index contributed by atoms with van der Waals surface area (Å²) in [4.78, 5) is 37.7. The molecular weight excluding hydrogens is 343 g/mol. The molecule has 0 aliphatic carbocycles. The van der Waals surface area contributed by atoms with E-state index in [-0.39, 0.29) is 6.61 Å². The normalized spacial score (nSPS) is 17.3. The SMILES string of the molecule is CCOC(=O)[C@H](C)NC(=O)N1CCCC1C(=O)NNc1cccc(F)c1. The molecule has 26 heavy (non-hydrogen) atoms. The van der Waals surface area contributed by atoms with Gasteiger partial charge in [-0.05, 0) is 44.9 Å². The maximum atomic E-state index is 13.2. The van der Waals surface area contributed by atoms with Gasteiger partial charge in [-0.2, -0.15) is 0 Å². The zero-order valence-electron chi connectivity index (χ0n) is 14.8. The number of urea groups is 1. The molecule has 1 heterocycles. The number of esters is 1. The van der Waals surface area contributed by atoms with Gasteiger partial charge in [0.25, 0.3) is 5.91 Å². The van der Waals surface area contributed by atoms with Crippen LogP contribution >= 0.6 is 0 Å². The van der Waals surface area contributed by atoms with Crippen molar-refractivity contribution in [2.45, 2.75) is 38.8 Å². The Balaban J connectivity index is 1.90. The average molecular weight is 366 g/mol. The third-order valence-electron chi connectivity index (χ3n) is 3.95. The topological polar surface area (TPSA) is 99.8 Å². The third-order valence-corrected chi connectivity index (χ3v) is 3.95. The summed E-state index contributed by atoms with van der Waals surface area (Å²) in [6.07, 6.45) is 1.16. The van der Waals surface area contributed by atoms with E-state index in [1.165, 1.54) is 30.0 Å². The number of likely N-dealkylation sites (tertiary alicyclic amines) is 1. The highest BCUT2D eigenvalue weighted by atomic mass is 19.1. The monoisotopic (exact) mass is 366 g/mol. The Morgan fingerprint density at radius 3 is 2.85 bits per heavy atom. The number of hydrogen-bond acceptors (Lipinski definition) is 5. The van der Waals surface area contributed by atoms with Gasteiger partial charge in [0.1, 0.15) is 17.9 Å². The molecule has 0 spiro atoms. The first-order chi connectivity index (χ1) is 12.4. The molecule has 142 valence electrons. The third kappa shape index (κ3) is 5.08. The number of anilines is 1. The minimum absolute atomic E-state index is 0.222. The van der Waals surface area contributed by atoms with E-state index >= 15 is 0 Å². The van der Waals surface area contributed by atoms with Crippen LogP contribution in [0.1, 0.15) is 26.7 Å². The molecule has 1 fully saturated rings. The molecule has 1 aromatic rings. The molecular formula is C17H23FN4O4. The first kappa shape index (κ1) is 19.5. The van der Waals surface area contributed by atoms with Gasteiger partial charge in [0.05, 0.1) is 12.3 Å². The first-order valence-electron chi connectivity index (χ1n) is 8.47. The Labute approximate surface area is 151 Å². The largest absolute Gasteiger partial charge is 0.464 e. The lowest BCUT2D eigenvalue weighted by atomic mass is 10.2. The Morgan fingerprint density at radius 2 is 2.15 bits per heavy atom. The highest BCUT2D eigenvalue weighted by Gasteiger charge is 2.35.